The molecule has 0 radical (unpaired) electrons. The zero-order valence-electron chi connectivity index (χ0n) is 37.2. The predicted octanol–water partition coefficient (Wildman–Crippen LogP) is -3.67. The number of carbonyl (C=O) groups excluding carboxylic acids is 8. The first-order chi connectivity index (χ1) is 30.9. The van der Waals surface area contributed by atoms with E-state index in [0.29, 0.717) is 5.92 Å². The maximum Gasteiger partial charge on any atom is 0.335 e. The number of hydrogen-bond donors (Lipinski definition) is 14. The van der Waals surface area contributed by atoms with Gasteiger partial charge >= 0.3 is 11.9 Å². The van der Waals surface area contributed by atoms with Crippen LogP contribution in [0.15, 0.2) is 48.6 Å². The number of carbonyl (C=O) groups is 10. The largest absolute Gasteiger partial charge is 0.508 e. The van der Waals surface area contributed by atoms with Crippen molar-refractivity contribution in [3.63, 3.8) is 0 Å². The number of nitrogens with two attached hydrogens (primary N) is 1. The molecule has 24 heteroatoms. The van der Waals surface area contributed by atoms with E-state index in [-0.39, 0.29) is 23.7 Å². The normalized spacial score (nSPS) is 15.4. The number of benzene rings is 1. The van der Waals surface area contributed by atoms with E-state index in [1.165, 1.54) is 36.4 Å². The van der Waals surface area contributed by atoms with E-state index in [4.69, 9.17) is 10.8 Å². The second-order valence-corrected chi connectivity index (χ2v) is 15.7. The quantitative estimate of drug-likeness (QED) is 0.0272. The summed E-state index contributed by atoms with van der Waals surface area (Å²) in [5.41, 5.74) is 5.41. The average molecular weight is 935 g/mol. The third-order valence-electron chi connectivity index (χ3n) is 9.64. The Hall–Kier alpha value is -6.92. The van der Waals surface area contributed by atoms with Crippen molar-refractivity contribution < 1.29 is 78.6 Å². The molecule has 0 aliphatic rings. The SMILES string of the molecule is CC[C@H](C)CC/C=C\C=C\C(=O)NCC(=O)NCC(=O)N[C@H](C(=O)N[C@@H](Cc1ccc(O)cc1)C(=O)N[C@H](C(=O)N[C@H](CC(C)C)C(=O)N[C@@H](C(N)=O)[C@@H](O)C(=O)O)[C@@H](C)O)[C@@H](O)C(=O)O. The summed E-state index contributed by atoms with van der Waals surface area (Å²) >= 11 is 0. The lowest BCUT2D eigenvalue weighted by atomic mass is 10.0. The Labute approximate surface area is 380 Å². The topological polar surface area (TPSA) is 402 Å². The highest BCUT2D eigenvalue weighted by Crippen LogP contribution is 2.13. The number of phenols is 1. The molecule has 1 rings (SSSR count). The van der Waals surface area contributed by atoms with Gasteiger partial charge in [0.1, 0.15) is 36.0 Å². The van der Waals surface area contributed by atoms with Crippen molar-refractivity contribution in [2.75, 3.05) is 13.1 Å². The van der Waals surface area contributed by atoms with Gasteiger partial charge in [0, 0.05) is 12.5 Å². The maximum atomic E-state index is 13.9. The second-order valence-electron chi connectivity index (χ2n) is 15.7. The molecule has 366 valence electrons. The highest BCUT2D eigenvalue weighted by atomic mass is 16.4. The van der Waals surface area contributed by atoms with Crippen molar-refractivity contribution in [2.45, 2.75) is 115 Å². The lowest BCUT2D eigenvalue weighted by Crippen LogP contribution is -2.63. The molecule has 1 aromatic carbocycles. The monoisotopic (exact) mass is 934 g/mol. The van der Waals surface area contributed by atoms with Gasteiger partial charge < -0.3 is 73.6 Å². The first-order valence-corrected chi connectivity index (χ1v) is 20.8. The molecule has 9 atom stereocenters. The molecule has 8 amide bonds. The van der Waals surface area contributed by atoms with Crippen LogP contribution in [0, 0.1) is 11.8 Å². The van der Waals surface area contributed by atoms with Crippen molar-refractivity contribution in [1.29, 1.82) is 0 Å². The standard InChI is InChI=1S/C42H62N8O16/c1-6-22(4)11-9-7-8-10-12-28(53)44-19-29(54)45-20-30(55)48-33(35(57)42(65)66)40(62)47-27(18-24-13-15-25(52)16-14-24)38(60)49-31(23(5)51)39(61)46-26(17-21(2)3)37(59)50-32(36(43)58)34(56)41(63)64/h7-8,10,12-16,21-23,26-27,31-35,51-52,56-57H,6,9,11,17-20H2,1-5H3,(H2,43,58)(H,44,53)(H,45,54)(H,46,61)(H,47,62)(H,48,55)(H,49,60)(H,50,59)(H,63,64)(H,65,66)/b8-7-,12-10+/t22-,23+,26+,27-,31-,32+,33-,34+,35+/m0/s1. The van der Waals surface area contributed by atoms with Crippen LogP contribution in [0.3, 0.4) is 0 Å². The number of aliphatic carboxylic acids is 2. The van der Waals surface area contributed by atoms with Crippen LogP contribution >= 0.6 is 0 Å². The number of amides is 8. The fourth-order valence-corrected chi connectivity index (χ4v) is 5.69. The molecule has 0 fully saturated rings. The lowest BCUT2D eigenvalue weighted by Gasteiger charge is -2.29. The zero-order chi connectivity index (χ0) is 50.3. The fourth-order valence-electron chi connectivity index (χ4n) is 5.69. The first-order valence-electron chi connectivity index (χ1n) is 20.8. The molecule has 0 aromatic heterocycles. The fraction of sp³-hybridized carbons (Fsp3) is 0.524. The van der Waals surface area contributed by atoms with Gasteiger partial charge in [-0.15, -0.1) is 0 Å². The van der Waals surface area contributed by atoms with Crippen LogP contribution < -0.4 is 43.0 Å². The molecule has 24 nitrogen and oxygen atoms in total. The van der Waals surface area contributed by atoms with Crippen molar-refractivity contribution >= 4 is 59.2 Å². The molecule has 0 saturated heterocycles. The Morgan fingerprint density at radius 2 is 1.18 bits per heavy atom. The molecule has 0 spiro atoms. The van der Waals surface area contributed by atoms with Crippen LogP contribution in [0.4, 0.5) is 0 Å². The summed E-state index contributed by atoms with van der Waals surface area (Å²) in [6, 6.07) is -4.63. The van der Waals surface area contributed by atoms with E-state index >= 15 is 0 Å². The molecule has 0 aliphatic heterocycles. The van der Waals surface area contributed by atoms with E-state index in [9.17, 15) is 73.5 Å². The molecule has 0 bridgehead atoms. The number of carboxylic acid groups (broad SMARTS) is 2. The minimum Gasteiger partial charge on any atom is -0.508 e. The molecule has 66 heavy (non-hydrogen) atoms. The van der Waals surface area contributed by atoms with Gasteiger partial charge in [0.2, 0.25) is 47.3 Å². The van der Waals surface area contributed by atoms with Crippen molar-refractivity contribution in [3.8, 4) is 5.75 Å². The Bertz CT molecular complexity index is 1920. The van der Waals surface area contributed by atoms with Gasteiger partial charge in [0.05, 0.1) is 19.2 Å². The van der Waals surface area contributed by atoms with Crippen LogP contribution in [0.25, 0.3) is 0 Å². The summed E-state index contributed by atoms with van der Waals surface area (Å²) < 4.78 is 0. The first kappa shape index (κ1) is 57.1. The van der Waals surface area contributed by atoms with Crippen LogP contribution in [0.1, 0.15) is 65.9 Å². The smallest absolute Gasteiger partial charge is 0.335 e. The van der Waals surface area contributed by atoms with Gasteiger partial charge in [-0.1, -0.05) is 64.5 Å². The molecule has 0 aliphatic carbocycles. The van der Waals surface area contributed by atoms with Gasteiger partial charge in [-0.3, -0.25) is 38.4 Å². The van der Waals surface area contributed by atoms with Crippen LogP contribution in [-0.4, -0.2) is 151 Å². The molecular weight excluding hydrogens is 873 g/mol. The van der Waals surface area contributed by atoms with E-state index in [0.717, 1.165) is 26.2 Å². The number of carboxylic acids is 2. The number of hydrogen-bond acceptors (Lipinski definition) is 14. The molecule has 0 unspecified atom stereocenters. The molecule has 15 N–H and O–H groups in total. The Morgan fingerprint density at radius 1 is 0.652 bits per heavy atom. The minimum absolute atomic E-state index is 0.167. The van der Waals surface area contributed by atoms with Gasteiger partial charge in [0.15, 0.2) is 12.2 Å². The van der Waals surface area contributed by atoms with E-state index < -0.39 is 127 Å². The average Bonchev–Trinajstić information content (AvgIpc) is 3.24. The Kier molecular flexibility index (Phi) is 24.9. The molecular formula is C42H62N8O16. The second kappa shape index (κ2) is 28.8. The van der Waals surface area contributed by atoms with Crippen molar-refractivity contribution in [1.82, 2.24) is 37.2 Å². The number of aliphatic hydroxyl groups is 3. The van der Waals surface area contributed by atoms with Gasteiger partial charge in [-0.2, -0.15) is 0 Å². The highest BCUT2D eigenvalue weighted by molar-refractivity contribution is 5.99. The van der Waals surface area contributed by atoms with E-state index in [1.807, 2.05) is 16.7 Å². The number of aromatic hydroxyl groups is 1. The van der Waals surface area contributed by atoms with Crippen LogP contribution in [0.5, 0.6) is 5.75 Å². The summed E-state index contributed by atoms with van der Waals surface area (Å²) in [5, 5.41) is 74.4. The van der Waals surface area contributed by atoms with Crippen LogP contribution in [-0.2, 0) is 54.4 Å². The van der Waals surface area contributed by atoms with Crippen LogP contribution in [0.2, 0.25) is 0 Å². The summed E-state index contributed by atoms with van der Waals surface area (Å²) in [6.45, 7) is 7.08. The number of phenolic OH excluding ortho intramolecular Hbond substituents is 1. The number of primary amides is 1. The molecule has 0 saturated carbocycles. The highest BCUT2D eigenvalue weighted by Gasteiger charge is 2.39. The molecule has 1 aromatic rings. The van der Waals surface area contributed by atoms with Gasteiger partial charge in [0.25, 0.3) is 0 Å². The van der Waals surface area contributed by atoms with Gasteiger partial charge in [-0.05, 0) is 55.7 Å². The summed E-state index contributed by atoms with van der Waals surface area (Å²) in [6.07, 6.45) is 1.62. The van der Waals surface area contributed by atoms with E-state index in [2.05, 4.69) is 40.4 Å². The number of rotatable bonds is 29. The number of aliphatic hydroxyl groups excluding tert-OH is 3. The van der Waals surface area contributed by atoms with Crippen molar-refractivity contribution in [2.24, 2.45) is 17.6 Å². The predicted molar refractivity (Wildman–Crippen MR) is 232 cm³/mol. The minimum atomic E-state index is -2.64. The summed E-state index contributed by atoms with van der Waals surface area (Å²) in [5.74, 6) is -13.1. The summed E-state index contributed by atoms with van der Waals surface area (Å²) in [4.78, 5) is 126. The zero-order valence-corrected chi connectivity index (χ0v) is 37.2. The van der Waals surface area contributed by atoms with Crippen molar-refractivity contribution in [3.05, 3.63) is 54.1 Å². The maximum absolute atomic E-state index is 13.9. The van der Waals surface area contributed by atoms with Gasteiger partial charge in [-0.25, -0.2) is 9.59 Å². The summed E-state index contributed by atoms with van der Waals surface area (Å²) in [7, 11) is 0. The third-order valence-corrected chi connectivity index (χ3v) is 9.64. The Morgan fingerprint density at radius 3 is 1.73 bits per heavy atom. The number of allylic oxidation sites excluding steroid dienone is 3. The number of nitrogens with one attached hydrogen (secondary N) is 7. The van der Waals surface area contributed by atoms with E-state index in [1.54, 1.807) is 19.9 Å². The molecule has 0 heterocycles. The Balaban J connectivity index is 3.24. The third kappa shape index (κ3) is 21.2. The lowest BCUT2D eigenvalue weighted by molar-refractivity contribution is -0.152.